The first kappa shape index (κ1) is 15.3. The summed E-state index contributed by atoms with van der Waals surface area (Å²) in [6, 6.07) is 2.91. The van der Waals surface area contributed by atoms with Crippen molar-refractivity contribution >= 4 is 11.9 Å². The highest BCUT2D eigenvalue weighted by atomic mass is 16.5. The smallest absolute Gasteiger partial charge is 0.344 e. The van der Waals surface area contributed by atoms with Crippen LogP contribution in [-0.4, -0.2) is 41.5 Å². The van der Waals surface area contributed by atoms with E-state index in [1.54, 1.807) is 4.90 Å². The molecule has 1 N–H and O–H groups in total. The number of esters is 1. The highest BCUT2D eigenvalue weighted by molar-refractivity contribution is 5.90. The first-order chi connectivity index (χ1) is 9.97. The lowest BCUT2D eigenvalue weighted by Crippen LogP contribution is -2.44. The molecule has 1 saturated heterocycles. The number of ether oxygens (including phenoxy) is 1. The van der Waals surface area contributed by atoms with Gasteiger partial charge in [-0.15, -0.1) is 0 Å². The monoisotopic (exact) mass is 292 g/mol. The van der Waals surface area contributed by atoms with Gasteiger partial charge in [-0.1, -0.05) is 13.8 Å². The van der Waals surface area contributed by atoms with E-state index in [4.69, 9.17) is 4.74 Å². The second kappa shape index (κ2) is 6.56. The Kier molecular flexibility index (Phi) is 4.77. The molecule has 1 fully saturated rings. The summed E-state index contributed by atoms with van der Waals surface area (Å²) in [5, 5.41) is 0. The van der Waals surface area contributed by atoms with E-state index < -0.39 is 11.5 Å². The standard InChI is InChI=1S/C15H20N2O4/c1-10-6-11(2)8-17(7-10)13(18)9-21-15(20)12-4-3-5-16-14(12)19/h3-5,10-11H,6-9H2,1-2H3,(H,16,19)/t10-,11+. The summed E-state index contributed by atoms with van der Waals surface area (Å²) in [7, 11) is 0. The highest BCUT2D eigenvalue weighted by Gasteiger charge is 2.26. The average molecular weight is 292 g/mol. The number of carbonyl (C=O) groups is 2. The van der Waals surface area contributed by atoms with Crippen LogP contribution in [0.25, 0.3) is 0 Å². The van der Waals surface area contributed by atoms with Gasteiger partial charge in [-0.3, -0.25) is 9.59 Å². The lowest BCUT2D eigenvalue weighted by Gasteiger charge is -2.34. The number of piperidine rings is 1. The lowest BCUT2D eigenvalue weighted by atomic mass is 9.92. The lowest BCUT2D eigenvalue weighted by molar-refractivity contribution is -0.137. The van der Waals surface area contributed by atoms with Crippen molar-refractivity contribution in [2.75, 3.05) is 19.7 Å². The molecule has 2 heterocycles. The van der Waals surface area contributed by atoms with E-state index in [1.165, 1.54) is 18.3 Å². The number of H-pyrrole nitrogens is 1. The van der Waals surface area contributed by atoms with Gasteiger partial charge in [-0.25, -0.2) is 4.79 Å². The van der Waals surface area contributed by atoms with Gasteiger partial charge in [0.1, 0.15) is 5.56 Å². The fourth-order valence-electron chi connectivity index (χ4n) is 2.75. The van der Waals surface area contributed by atoms with E-state index >= 15 is 0 Å². The molecule has 0 spiro atoms. The molecule has 1 amide bonds. The van der Waals surface area contributed by atoms with Crippen molar-refractivity contribution < 1.29 is 14.3 Å². The Balaban J connectivity index is 1.91. The topological polar surface area (TPSA) is 79.5 Å². The molecule has 6 nitrogen and oxygen atoms in total. The van der Waals surface area contributed by atoms with Crippen LogP contribution in [-0.2, 0) is 9.53 Å². The molecule has 1 aromatic rings. The SMILES string of the molecule is C[C@@H]1C[C@H](C)CN(C(=O)COC(=O)c2ccc[nH]c2=O)C1. The molecule has 0 bridgehead atoms. The van der Waals surface area contributed by atoms with Crippen molar-refractivity contribution in [3.8, 4) is 0 Å². The maximum Gasteiger partial charge on any atom is 0.344 e. The Morgan fingerprint density at radius 3 is 2.62 bits per heavy atom. The van der Waals surface area contributed by atoms with Gasteiger partial charge in [0, 0.05) is 19.3 Å². The Labute approximate surface area is 123 Å². The number of nitrogens with one attached hydrogen (secondary N) is 1. The summed E-state index contributed by atoms with van der Waals surface area (Å²) in [4.78, 5) is 39.4. The fourth-order valence-corrected chi connectivity index (χ4v) is 2.75. The highest BCUT2D eigenvalue weighted by Crippen LogP contribution is 2.20. The molecule has 1 aliphatic heterocycles. The zero-order valence-electron chi connectivity index (χ0n) is 12.3. The zero-order valence-corrected chi connectivity index (χ0v) is 12.3. The molecule has 0 aliphatic carbocycles. The third-order valence-corrected chi connectivity index (χ3v) is 3.59. The summed E-state index contributed by atoms with van der Waals surface area (Å²) in [5.41, 5.74) is -0.610. The summed E-state index contributed by atoms with van der Waals surface area (Å²) in [6.07, 6.45) is 2.53. The Morgan fingerprint density at radius 1 is 1.33 bits per heavy atom. The molecule has 114 valence electrons. The normalized spacial score (nSPS) is 21.9. The van der Waals surface area contributed by atoms with Gasteiger partial charge in [0.15, 0.2) is 6.61 Å². The van der Waals surface area contributed by atoms with Crippen LogP contribution in [0.5, 0.6) is 0 Å². The molecular weight excluding hydrogens is 272 g/mol. The van der Waals surface area contributed by atoms with Crippen molar-refractivity contribution in [2.45, 2.75) is 20.3 Å². The van der Waals surface area contributed by atoms with Gasteiger partial charge in [0.05, 0.1) is 0 Å². The van der Waals surface area contributed by atoms with Gasteiger partial charge < -0.3 is 14.6 Å². The predicted molar refractivity (Wildman–Crippen MR) is 76.9 cm³/mol. The number of likely N-dealkylation sites (tertiary alicyclic amines) is 1. The maximum atomic E-state index is 12.1. The number of rotatable bonds is 3. The predicted octanol–water partition coefficient (Wildman–Crippen LogP) is 1.04. The van der Waals surface area contributed by atoms with Gasteiger partial charge in [-0.2, -0.15) is 0 Å². The molecule has 0 unspecified atom stereocenters. The van der Waals surface area contributed by atoms with Gasteiger partial charge in [0.25, 0.3) is 11.5 Å². The second-order valence-corrected chi connectivity index (χ2v) is 5.73. The number of hydrogen-bond acceptors (Lipinski definition) is 4. The van der Waals surface area contributed by atoms with Gasteiger partial charge in [0.2, 0.25) is 0 Å². The molecule has 2 atom stereocenters. The molecule has 0 saturated carbocycles. The maximum absolute atomic E-state index is 12.1. The van der Waals surface area contributed by atoms with Crippen molar-refractivity contribution in [1.82, 2.24) is 9.88 Å². The minimum absolute atomic E-state index is 0.0920. The zero-order chi connectivity index (χ0) is 15.4. The number of aromatic nitrogens is 1. The fraction of sp³-hybridized carbons (Fsp3) is 0.533. The second-order valence-electron chi connectivity index (χ2n) is 5.73. The molecule has 0 radical (unpaired) electrons. The molecule has 1 aromatic heterocycles. The van der Waals surface area contributed by atoms with Crippen LogP contribution in [0.1, 0.15) is 30.6 Å². The van der Waals surface area contributed by atoms with Crippen LogP contribution < -0.4 is 5.56 Å². The van der Waals surface area contributed by atoms with Crippen molar-refractivity contribution in [2.24, 2.45) is 11.8 Å². The van der Waals surface area contributed by atoms with E-state index in [0.29, 0.717) is 24.9 Å². The largest absolute Gasteiger partial charge is 0.452 e. The average Bonchev–Trinajstić information content (AvgIpc) is 2.43. The van der Waals surface area contributed by atoms with Crippen LogP contribution in [0.2, 0.25) is 0 Å². The molecule has 2 rings (SSSR count). The number of carbonyl (C=O) groups excluding carboxylic acids is 2. The Hall–Kier alpha value is -2.11. The Morgan fingerprint density at radius 2 is 2.00 bits per heavy atom. The van der Waals surface area contributed by atoms with Crippen molar-refractivity contribution in [1.29, 1.82) is 0 Å². The molecule has 0 aromatic carbocycles. The van der Waals surface area contributed by atoms with E-state index in [-0.39, 0.29) is 18.1 Å². The number of hydrogen-bond donors (Lipinski definition) is 1. The molecule has 21 heavy (non-hydrogen) atoms. The van der Waals surface area contributed by atoms with E-state index in [1.807, 2.05) is 0 Å². The first-order valence-electron chi connectivity index (χ1n) is 7.10. The van der Waals surface area contributed by atoms with E-state index in [9.17, 15) is 14.4 Å². The number of amides is 1. The van der Waals surface area contributed by atoms with Gasteiger partial charge in [-0.05, 0) is 30.4 Å². The Bertz CT molecular complexity index is 571. The number of pyridine rings is 1. The minimum Gasteiger partial charge on any atom is -0.452 e. The van der Waals surface area contributed by atoms with Crippen LogP contribution in [0.15, 0.2) is 23.1 Å². The van der Waals surface area contributed by atoms with E-state index in [2.05, 4.69) is 18.8 Å². The van der Waals surface area contributed by atoms with Crippen molar-refractivity contribution in [3.05, 3.63) is 34.2 Å². The number of aromatic amines is 1. The summed E-state index contributed by atoms with van der Waals surface area (Å²) < 4.78 is 4.94. The van der Waals surface area contributed by atoms with Crippen LogP contribution in [0, 0.1) is 11.8 Å². The molecule has 6 heteroatoms. The van der Waals surface area contributed by atoms with Crippen LogP contribution in [0.3, 0.4) is 0 Å². The van der Waals surface area contributed by atoms with Gasteiger partial charge >= 0.3 is 5.97 Å². The third-order valence-electron chi connectivity index (χ3n) is 3.59. The summed E-state index contributed by atoms with van der Waals surface area (Å²) >= 11 is 0. The van der Waals surface area contributed by atoms with Crippen molar-refractivity contribution in [3.63, 3.8) is 0 Å². The first-order valence-corrected chi connectivity index (χ1v) is 7.10. The van der Waals surface area contributed by atoms with Crippen LogP contribution in [0.4, 0.5) is 0 Å². The summed E-state index contributed by atoms with van der Waals surface area (Å²) in [5.74, 6) is -0.0897. The van der Waals surface area contributed by atoms with Crippen LogP contribution >= 0.6 is 0 Å². The quantitative estimate of drug-likeness (QED) is 0.844. The third kappa shape index (κ3) is 3.93. The molecular formula is C15H20N2O4. The number of nitrogens with zero attached hydrogens (tertiary/aromatic N) is 1. The van der Waals surface area contributed by atoms with E-state index in [0.717, 1.165) is 6.42 Å². The summed E-state index contributed by atoms with van der Waals surface area (Å²) in [6.45, 7) is 5.25. The minimum atomic E-state index is -0.775. The molecule has 1 aliphatic rings.